The van der Waals surface area contributed by atoms with E-state index in [9.17, 15) is 5.11 Å². The van der Waals surface area contributed by atoms with Crippen molar-refractivity contribution in [2.24, 2.45) is 0 Å². The molecule has 0 saturated heterocycles. The van der Waals surface area contributed by atoms with E-state index in [0.717, 1.165) is 24.4 Å². The molecule has 2 fully saturated rings. The van der Waals surface area contributed by atoms with Crippen LogP contribution in [0.3, 0.4) is 0 Å². The lowest BCUT2D eigenvalue weighted by molar-refractivity contribution is 0.136. The molecule has 5 nitrogen and oxygen atoms in total. The molecule has 6 heteroatoms. The first-order valence-corrected chi connectivity index (χ1v) is 6.85. The Morgan fingerprint density at radius 3 is 2.75 bits per heavy atom. The number of aliphatic hydroxyl groups excluding tert-OH is 1. The van der Waals surface area contributed by atoms with Crippen molar-refractivity contribution in [2.75, 3.05) is 0 Å². The molecule has 1 aromatic heterocycles. The third kappa shape index (κ3) is 2.08. The SMILES string of the molecule is O[C@@H]1CCCC[C@H]1Sc1nnnn1C1CC1. The van der Waals surface area contributed by atoms with Crippen molar-refractivity contribution in [3.63, 3.8) is 0 Å². The summed E-state index contributed by atoms with van der Waals surface area (Å²) < 4.78 is 1.92. The number of thioether (sulfide) groups is 1. The standard InChI is InChI=1S/C10H16N4OS/c15-8-3-1-2-4-9(8)16-10-11-12-13-14(10)7-5-6-7/h7-9,15H,1-6H2/t8-,9-/m1/s1. The van der Waals surface area contributed by atoms with Gasteiger partial charge in [-0.1, -0.05) is 24.6 Å². The van der Waals surface area contributed by atoms with Crippen molar-refractivity contribution < 1.29 is 5.11 Å². The molecule has 0 spiro atoms. The number of tetrazole rings is 1. The summed E-state index contributed by atoms with van der Waals surface area (Å²) in [5.74, 6) is 0. The van der Waals surface area contributed by atoms with Crippen molar-refractivity contribution in [3.05, 3.63) is 0 Å². The molecule has 0 unspecified atom stereocenters. The van der Waals surface area contributed by atoms with Crippen LogP contribution in [0, 0.1) is 0 Å². The average molecular weight is 240 g/mol. The molecular weight excluding hydrogens is 224 g/mol. The summed E-state index contributed by atoms with van der Waals surface area (Å²) in [6.07, 6.45) is 6.53. The number of hydrogen-bond acceptors (Lipinski definition) is 5. The van der Waals surface area contributed by atoms with Gasteiger partial charge in [0.05, 0.1) is 12.1 Å². The quantitative estimate of drug-likeness (QED) is 0.865. The Morgan fingerprint density at radius 2 is 2.00 bits per heavy atom. The maximum atomic E-state index is 9.91. The van der Waals surface area contributed by atoms with Crippen molar-refractivity contribution in [1.29, 1.82) is 0 Å². The van der Waals surface area contributed by atoms with Gasteiger partial charge in [-0.15, -0.1) is 5.10 Å². The molecule has 2 aliphatic carbocycles. The molecule has 0 amide bonds. The summed E-state index contributed by atoms with van der Waals surface area (Å²) in [6, 6.07) is 0.512. The summed E-state index contributed by atoms with van der Waals surface area (Å²) in [5.41, 5.74) is 0. The van der Waals surface area contributed by atoms with E-state index in [1.165, 1.54) is 19.3 Å². The molecule has 16 heavy (non-hydrogen) atoms. The molecule has 1 heterocycles. The summed E-state index contributed by atoms with van der Waals surface area (Å²) in [7, 11) is 0. The fourth-order valence-electron chi connectivity index (χ4n) is 2.16. The smallest absolute Gasteiger partial charge is 0.209 e. The van der Waals surface area contributed by atoms with Crippen LogP contribution in [0.1, 0.15) is 44.6 Å². The molecule has 0 aliphatic heterocycles. The molecule has 1 N–H and O–H groups in total. The van der Waals surface area contributed by atoms with Gasteiger partial charge in [0.25, 0.3) is 0 Å². The molecule has 0 bridgehead atoms. The first-order chi connectivity index (χ1) is 7.84. The van der Waals surface area contributed by atoms with Crippen molar-refractivity contribution in [1.82, 2.24) is 20.2 Å². The van der Waals surface area contributed by atoms with E-state index in [1.54, 1.807) is 11.8 Å². The normalized spacial score (nSPS) is 30.6. The molecular formula is C10H16N4OS. The summed E-state index contributed by atoms with van der Waals surface area (Å²) >= 11 is 1.65. The Hall–Kier alpha value is -0.620. The predicted molar refractivity (Wildman–Crippen MR) is 60.2 cm³/mol. The third-order valence-electron chi connectivity index (χ3n) is 3.28. The molecule has 0 radical (unpaired) electrons. The van der Waals surface area contributed by atoms with E-state index in [1.807, 2.05) is 4.68 Å². The molecule has 2 atom stereocenters. The minimum Gasteiger partial charge on any atom is -0.392 e. The zero-order valence-corrected chi connectivity index (χ0v) is 9.94. The first kappa shape index (κ1) is 10.5. The minimum atomic E-state index is -0.192. The fraction of sp³-hybridized carbons (Fsp3) is 0.900. The van der Waals surface area contributed by atoms with E-state index < -0.39 is 0 Å². The van der Waals surface area contributed by atoms with Gasteiger partial charge in [0.1, 0.15) is 0 Å². The lowest BCUT2D eigenvalue weighted by Crippen LogP contribution is -2.27. The second kappa shape index (κ2) is 4.33. The number of aromatic nitrogens is 4. The number of nitrogens with zero attached hydrogens (tertiary/aromatic N) is 4. The molecule has 88 valence electrons. The summed E-state index contributed by atoms with van der Waals surface area (Å²) in [4.78, 5) is 0. The fourth-order valence-corrected chi connectivity index (χ4v) is 3.39. The highest BCUT2D eigenvalue weighted by Crippen LogP contribution is 2.39. The highest BCUT2D eigenvalue weighted by atomic mass is 32.2. The monoisotopic (exact) mass is 240 g/mol. The highest BCUT2D eigenvalue weighted by molar-refractivity contribution is 7.99. The maximum absolute atomic E-state index is 9.91. The van der Waals surface area contributed by atoms with E-state index >= 15 is 0 Å². The van der Waals surface area contributed by atoms with Gasteiger partial charge in [0, 0.05) is 5.25 Å². The lowest BCUT2D eigenvalue weighted by atomic mass is 9.97. The molecule has 2 aliphatic rings. The highest BCUT2D eigenvalue weighted by Gasteiger charge is 2.31. The Bertz CT molecular complexity index is 365. The van der Waals surface area contributed by atoms with E-state index in [-0.39, 0.29) is 11.4 Å². The van der Waals surface area contributed by atoms with Crippen LogP contribution in [0.4, 0.5) is 0 Å². The van der Waals surface area contributed by atoms with E-state index in [4.69, 9.17) is 0 Å². The predicted octanol–water partition coefficient (Wildman–Crippen LogP) is 1.40. The van der Waals surface area contributed by atoms with Crippen LogP contribution in [0.2, 0.25) is 0 Å². The van der Waals surface area contributed by atoms with Crippen LogP contribution >= 0.6 is 11.8 Å². The average Bonchev–Trinajstić information content (AvgIpc) is 3.03. The van der Waals surface area contributed by atoms with Crippen LogP contribution in [0.15, 0.2) is 5.16 Å². The van der Waals surface area contributed by atoms with Gasteiger partial charge in [-0.2, -0.15) is 0 Å². The van der Waals surface area contributed by atoms with Gasteiger partial charge in [-0.05, 0) is 36.1 Å². The largest absolute Gasteiger partial charge is 0.392 e. The van der Waals surface area contributed by atoms with Crippen LogP contribution in [-0.4, -0.2) is 36.7 Å². The Balaban J connectivity index is 1.70. The van der Waals surface area contributed by atoms with Crippen molar-refractivity contribution in [2.45, 2.75) is 61.1 Å². The van der Waals surface area contributed by atoms with Gasteiger partial charge in [0.15, 0.2) is 0 Å². The van der Waals surface area contributed by atoms with Crippen molar-refractivity contribution >= 4 is 11.8 Å². The minimum absolute atomic E-state index is 0.192. The topological polar surface area (TPSA) is 63.8 Å². The van der Waals surface area contributed by atoms with E-state index in [0.29, 0.717) is 6.04 Å². The number of aliphatic hydroxyl groups is 1. The maximum Gasteiger partial charge on any atom is 0.209 e. The second-order valence-corrected chi connectivity index (χ2v) is 5.85. The number of rotatable bonds is 3. The van der Waals surface area contributed by atoms with Gasteiger partial charge in [0.2, 0.25) is 5.16 Å². The molecule has 1 aromatic rings. The van der Waals surface area contributed by atoms with Crippen LogP contribution in [0.5, 0.6) is 0 Å². The molecule has 0 aromatic carbocycles. The lowest BCUT2D eigenvalue weighted by Gasteiger charge is -2.26. The molecule has 2 saturated carbocycles. The van der Waals surface area contributed by atoms with Gasteiger partial charge in [-0.3, -0.25) is 0 Å². The zero-order chi connectivity index (χ0) is 11.0. The van der Waals surface area contributed by atoms with Crippen LogP contribution < -0.4 is 0 Å². The second-order valence-electron chi connectivity index (χ2n) is 4.65. The summed E-state index contributed by atoms with van der Waals surface area (Å²) in [5, 5.41) is 22.9. The first-order valence-electron chi connectivity index (χ1n) is 5.97. The summed E-state index contributed by atoms with van der Waals surface area (Å²) in [6.45, 7) is 0. The van der Waals surface area contributed by atoms with E-state index in [2.05, 4.69) is 15.5 Å². The van der Waals surface area contributed by atoms with Gasteiger partial charge >= 0.3 is 0 Å². The molecule has 3 rings (SSSR count). The Kier molecular flexibility index (Phi) is 2.85. The van der Waals surface area contributed by atoms with Crippen molar-refractivity contribution in [3.8, 4) is 0 Å². The zero-order valence-electron chi connectivity index (χ0n) is 9.12. The Morgan fingerprint density at radius 1 is 1.19 bits per heavy atom. The van der Waals surface area contributed by atoms with Gasteiger partial charge in [-0.25, -0.2) is 4.68 Å². The van der Waals surface area contributed by atoms with Crippen LogP contribution in [0.25, 0.3) is 0 Å². The number of hydrogen-bond donors (Lipinski definition) is 1. The third-order valence-corrected chi connectivity index (χ3v) is 4.61. The van der Waals surface area contributed by atoms with Gasteiger partial charge < -0.3 is 5.11 Å². The van der Waals surface area contributed by atoms with Crippen LogP contribution in [-0.2, 0) is 0 Å². The Labute approximate surface area is 98.6 Å².